The number of halogens is 1. The molecular formula is C19H20ClN5O3. The monoisotopic (exact) mass is 405 g/mol. The SMILES string of the molecule is [2H]c1c([2H])c(C2=NN(c3cnn(C)c3)[C@H](C=O)C(C(=O)NC(C)CO)=C2)c([2H])c([2H])c1Cl. The molecule has 0 bridgehead atoms. The van der Waals surface area contributed by atoms with Crippen LogP contribution in [-0.4, -0.2) is 51.5 Å². The zero-order valence-corrected chi connectivity index (χ0v) is 15.9. The van der Waals surface area contributed by atoms with Crippen LogP contribution in [-0.2, 0) is 16.6 Å². The molecule has 1 aromatic carbocycles. The van der Waals surface area contributed by atoms with Gasteiger partial charge in [0, 0.05) is 29.9 Å². The Balaban J connectivity index is 2.25. The van der Waals surface area contributed by atoms with Gasteiger partial charge in [-0.2, -0.15) is 10.2 Å². The number of anilines is 1. The number of aromatic nitrogens is 2. The third-order valence-corrected chi connectivity index (χ3v) is 4.13. The van der Waals surface area contributed by atoms with Crippen LogP contribution < -0.4 is 10.3 Å². The number of aryl methyl sites for hydroxylation is 1. The molecule has 2 N–H and O–H groups in total. The molecule has 0 saturated carbocycles. The van der Waals surface area contributed by atoms with Crippen LogP contribution in [0.5, 0.6) is 0 Å². The fraction of sp³-hybridized carbons (Fsp3) is 0.263. The Kier molecular flexibility index (Phi) is 4.49. The molecule has 3 rings (SSSR count). The number of aliphatic hydroxyl groups is 1. The second-order valence-corrected chi connectivity index (χ2v) is 6.51. The second-order valence-electron chi connectivity index (χ2n) is 6.13. The molecule has 1 unspecified atom stereocenters. The molecule has 1 amide bonds. The number of hydrogen-bond donors (Lipinski definition) is 2. The van der Waals surface area contributed by atoms with Gasteiger partial charge in [0.05, 0.1) is 35.3 Å². The van der Waals surface area contributed by atoms with Crippen molar-refractivity contribution in [1.82, 2.24) is 15.1 Å². The Hall–Kier alpha value is -2.97. The number of nitrogens with one attached hydrogen (secondary N) is 1. The Morgan fingerprint density at radius 1 is 1.46 bits per heavy atom. The molecule has 8 nitrogen and oxygen atoms in total. The summed E-state index contributed by atoms with van der Waals surface area (Å²) in [7, 11) is 1.65. The van der Waals surface area contributed by atoms with E-state index in [1.54, 1.807) is 20.2 Å². The van der Waals surface area contributed by atoms with Crippen molar-refractivity contribution >= 4 is 35.2 Å². The summed E-state index contributed by atoms with van der Waals surface area (Å²) in [6.07, 6.45) is 4.74. The first-order chi connectivity index (χ1) is 15.1. The fourth-order valence-electron chi connectivity index (χ4n) is 2.55. The molecule has 2 atom stereocenters. The van der Waals surface area contributed by atoms with Gasteiger partial charge in [0.2, 0.25) is 5.91 Å². The third kappa shape index (κ3) is 4.13. The van der Waals surface area contributed by atoms with Gasteiger partial charge in [0.25, 0.3) is 0 Å². The van der Waals surface area contributed by atoms with Gasteiger partial charge in [0.15, 0.2) is 0 Å². The lowest BCUT2D eigenvalue weighted by molar-refractivity contribution is -0.119. The molecular weight excluding hydrogens is 382 g/mol. The quantitative estimate of drug-likeness (QED) is 0.705. The van der Waals surface area contributed by atoms with E-state index in [2.05, 4.69) is 15.5 Å². The van der Waals surface area contributed by atoms with E-state index in [9.17, 15) is 14.7 Å². The van der Waals surface area contributed by atoms with Gasteiger partial charge in [-0.15, -0.1) is 0 Å². The van der Waals surface area contributed by atoms with E-state index in [4.69, 9.17) is 17.1 Å². The number of allylic oxidation sites excluding steroid dienone is 1. The maximum Gasteiger partial charge on any atom is 0.250 e. The van der Waals surface area contributed by atoms with Crippen LogP contribution >= 0.6 is 11.6 Å². The van der Waals surface area contributed by atoms with Gasteiger partial charge in [-0.3, -0.25) is 9.48 Å². The number of hydrazone groups is 1. The highest BCUT2D eigenvalue weighted by molar-refractivity contribution is 6.30. The first-order valence-corrected chi connectivity index (χ1v) is 8.69. The number of hydrogen-bond acceptors (Lipinski definition) is 6. The van der Waals surface area contributed by atoms with Crippen molar-refractivity contribution in [2.45, 2.75) is 19.0 Å². The first-order valence-electron chi connectivity index (χ1n) is 10.3. The predicted octanol–water partition coefficient (Wildman–Crippen LogP) is 1.29. The van der Waals surface area contributed by atoms with Crippen LogP contribution in [0.1, 0.15) is 18.0 Å². The van der Waals surface area contributed by atoms with Crippen molar-refractivity contribution in [1.29, 1.82) is 0 Å². The highest BCUT2D eigenvalue weighted by Crippen LogP contribution is 2.26. The molecule has 28 heavy (non-hydrogen) atoms. The van der Waals surface area contributed by atoms with Crippen molar-refractivity contribution in [3.8, 4) is 0 Å². The Labute approximate surface area is 172 Å². The van der Waals surface area contributed by atoms with E-state index in [0.717, 1.165) is 0 Å². The highest BCUT2D eigenvalue weighted by atomic mass is 35.5. The van der Waals surface area contributed by atoms with Crippen LogP contribution in [0.25, 0.3) is 0 Å². The van der Waals surface area contributed by atoms with E-state index >= 15 is 0 Å². The lowest BCUT2D eigenvalue weighted by atomic mass is 9.99. The minimum Gasteiger partial charge on any atom is -0.394 e. The van der Waals surface area contributed by atoms with E-state index in [-0.39, 0.29) is 28.5 Å². The molecule has 0 radical (unpaired) electrons. The summed E-state index contributed by atoms with van der Waals surface area (Å²) in [6, 6.07) is -3.54. The van der Waals surface area contributed by atoms with E-state index in [1.165, 1.54) is 22.0 Å². The highest BCUT2D eigenvalue weighted by Gasteiger charge is 2.32. The zero-order chi connectivity index (χ0) is 23.7. The number of benzene rings is 1. The molecule has 0 fully saturated rings. The van der Waals surface area contributed by atoms with Gasteiger partial charge in [-0.1, -0.05) is 23.7 Å². The summed E-state index contributed by atoms with van der Waals surface area (Å²) in [5.41, 5.74) is 0.0615. The van der Waals surface area contributed by atoms with Crippen molar-refractivity contribution in [3.05, 3.63) is 58.8 Å². The number of aliphatic hydroxyl groups excluding tert-OH is 1. The number of nitrogens with zero attached hydrogens (tertiary/aromatic N) is 4. The number of aldehydes is 1. The Morgan fingerprint density at radius 3 is 2.75 bits per heavy atom. The largest absolute Gasteiger partial charge is 0.394 e. The fourth-order valence-corrected chi connectivity index (χ4v) is 2.64. The minimum atomic E-state index is -1.16. The summed E-state index contributed by atoms with van der Waals surface area (Å²) >= 11 is 5.90. The van der Waals surface area contributed by atoms with E-state index in [0.29, 0.717) is 12.0 Å². The summed E-state index contributed by atoms with van der Waals surface area (Å²) in [5, 5.41) is 21.1. The van der Waals surface area contributed by atoms with Gasteiger partial charge < -0.3 is 15.2 Å². The number of amides is 1. The van der Waals surface area contributed by atoms with Gasteiger partial charge in [-0.25, -0.2) is 5.01 Å². The lowest BCUT2D eigenvalue weighted by Gasteiger charge is -2.30. The third-order valence-electron chi connectivity index (χ3n) is 3.94. The summed E-state index contributed by atoms with van der Waals surface area (Å²) < 4.78 is 34.0. The first kappa shape index (κ1) is 15.0. The Bertz CT molecular complexity index is 1120. The molecule has 1 aliphatic rings. The summed E-state index contributed by atoms with van der Waals surface area (Å²) in [5.74, 6) is -0.658. The average Bonchev–Trinajstić information content (AvgIpc) is 3.21. The van der Waals surface area contributed by atoms with Crippen LogP contribution in [0.2, 0.25) is 5.02 Å². The maximum atomic E-state index is 12.9. The summed E-state index contributed by atoms with van der Waals surface area (Å²) in [4.78, 5) is 24.9. The van der Waals surface area contributed by atoms with Gasteiger partial charge >= 0.3 is 0 Å². The van der Waals surface area contributed by atoms with Crippen LogP contribution in [0.15, 0.2) is 53.3 Å². The normalized spacial score (nSPS) is 19.6. The molecule has 9 heteroatoms. The molecule has 146 valence electrons. The summed E-state index contributed by atoms with van der Waals surface area (Å²) in [6.45, 7) is 1.25. The minimum absolute atomic E-state index is 0.0547. The number of rotatable bonds is 6. The Morgan fingerprint density at radius 2 is 2.18 bits per heavy atom. The van der Waals surface area contributed by atoms with E-state index < -0.39 is 42.2 Å². The molecule has 1 aromatic heterocycles. The van der Waals surface area contributed by atoms with E-state index in [1.807, 2.05) is 0 Å². The smallest absolute Gasteiger partial charge is 0.250 e. The predicted molar refractivity (Wildman–Crippen MR) is 106 cm³/mol. The van der Waals surface area contributed by atoms with Gasteiger partial charge in [0.1, 0.15) is 12.3 Å². The molecule has 0 spiro atoms. The molecule has 0 saturated heterocycles. The van der Waals surface area contributed by atoms with Crippen LogP contribution in [0.4, 0.5) is 5.69 Å². The van der Waals surface area contributed by atoms with Crippen molar-refractivity contribution in [3.63, 3.8) is 0 Å². The zero-order valence-electron chi connectivity index (χ0n) is 19.1. The number of carbonyl (C=O) groups is 2. The molecule has 2 aromatic rings. The van der Waals surface area contributed by atoms with Crippen LogP contribution in [0.3, 0.4) is 0 Å². The average molecular weight is 406 g/mol. The molecule has 2 heterocycles. The topological polar surface area (TPSA) is 99.8 Å². The van der Waals surface area contributed by atoms with Crippen molar-refractivity contribution in [2.75, 3.05) is 11.6 Å². The number of carbonyl (C=O) groups excluding carboxylic acids is 2. The van der Waals surface area contributed by atoms with Crippen molar-refractivity contribution < 1.29 is 20.2 Å². The molecule has 0 aliphatic carbocycles. The maximum absolute atomic E-state index is 12.9. The standard InChI is InChI=1S/C19H20ClN5O3/c1-12(10-26)22-19(28)16-7-17(13-3-5-14(20)6-4-13)23-25(18(16)11-27)15-8-21-24(2)9-15/h3-9,11-12,18,26H,10H2,1-2H3,(H,22,28)/t12?,18-/m1/s1/i3D,4D,5D,6D. The lowest BCUT2D eigenvalue weighted by Crippen LogP contribution is -2.46. The van der Waals surface area contributed by atoms with Gasteiger partial charge in [-0.05, 0) is 25.1 Å². The van der Waals surface area contributed by atoms with Crippen molar-refractivity contribution in [2.24, 2.45) is 12.1 Å². The van der Waals surface area contributed by atoms with Crippen LogP contribution in [0, 0.1) is 0 Å². The molecule has 1 aliphatic heterocycles. The second kappa shape index (κ2) is 8.37.